The summed E-state index contributed by atoms with van der Waals surface area (Å²) in [5, 5.41) is 6.18. The average Bonchev–Trinajstić information content (AvgIpc) is 2.37. The fourth-order valence-corrected chi connectivity index (χ4v) is 1.88. The van der Waals surface area contributed by atoms with E-state index in [1.807, 2.05) is 18.2 Å². The zero-order valence-electron chi connectivity index (χ0n) is 12.8. The van der Waals surface area contributed by atoms with Crippen LogP contribution in [0.2, 0.25) is 0 Å². The van der Waals surface area contributed by atoms with Gasteiger partial charge in [0.15, 0.2) is 0 Å². The van der Waals surface area contributed by atoms with Crippen LogP contribution in [0.3, 0.4) is 0 Å². The van der Waals surface area contributed by atoms with E-state index in [4.69, 9.17) is 9.47 Å². The van der Waals surface area contributed by atoms with Crippen molar-refractivity contribution in [3.8, 4) is 5.75 Å². The van der Waals surface area contributed by atoms with Gasteiger partial charge in [-0.3, -0.25) is 4.79 Å². The van der Waals surface area contributed by atoms with Gasteiger partial charge >= 0.3 is 0 Å². The Hall–Kier alpha value is -1.75. The quantitative estimate of drug-likeness (QED) is 0.806. The lowest BCUT2D eigenvalue weighted by Gasteiger charge is -2.24. The van der Waals surface area contributed by atoms with Gasteiger partial charge in [-0.25, -0.2) is 0 Å². The molecule has 112 valence electrons. The Morgan fingerprint density at radius 2 is 2.00 bits per heavy atom. The second-order valence-electron chi connectivity index (χ2n) is 5.05. The Kier molecular flexibility index (Phi) is 6.31. The minimum Gasteiger partial charge on any atom is -0.495 e. The highest BCUT2D eigenvalue weighted by atomic mass is 16.5. The Bertz CT molecular complexity index is 447. The Morgan fingerprint density at radius 1 is 1.30 bits per heavy atom. The molecule has 0 radical (unpaired) electrons. The lowest BCUT2D eigenvalue weighted by Crippen LogP contribution is -2.30. The smallest absolute Gasteiger partial charge is 0.221 e. The zero-order valence-corrected chi connectivity index (χ0v) is 12.8. The molecule has 0 spiro atoms. The van der Waals surface area contributed by atoms with Crippen molar-refractivity contribution in [3.05, 3.63) is 18.2 Å². The number of benzene rings is 1. The summed E-state index contributed by atoms with van der Waals surface area (Å²) < 4.78 is 10.6. The number of rotatable bonds is 7. The van der Waals surface area contributed by atoms with E-state index in [-0.39, 0.29) is 11.9 Å². The van der Waals surface area contributed by atoms with Crippen molar-refractivity contribution in [1.82, 2.24) is 0 Å². The first-order valence-electron chi connectivity index (χ1n) is 6.69. The van der Waals surface area contributed by atoms with Crippen LogP contribution in [0.4, 0.5) is 11.4 Å². The van der Waals surface area contributed by atoms with Crippen molar-refractivity contribution in [2.24, 2.45) is 5.92 Å². The van der Waals surface area contributed by atoms with Crippen molar-refractivity contribution < 1.29 is 14.3 Å². The maximum Gasteiger partial charge on any atom is 0.221 e. The third-order valence-electron chi connectivity index (χ3n) is 3.01. The molecule has 5 nitrogen and oxygen atoms in total. The fraction of sp³-hybridized carbons (Fsp3) is 0.533. The molecule has 0 saturated heterocycles. The molecule has 0 aliphatic carbocycles. The summed E-state index contributed by atoms with van der Waals surface area (Å²) >= 11 is 0. The second kappa shape index (κ2) is 7.75. The number of hydrogen-bond acceptors (Lipinski definition) is 4. The number of hydrogen-bond donors (Lipinski definition) is 2. The Labute approximate surface area is 120 Å². The van der Waals surface area contributed by atoms with Crippen LogP contribution in [-0.2, 0) is 9.53 Å². The van der Waals surface area contributed by atoms with Gasteiger partial charge in [0, 0.05) is 19.7 Å². The fourth-order valence-electron chi connectivity index (χ4n) is 1.88. The highest BCUT2D eigenvalue weighted by molar-refractivity contribution is 5.89. The lowest BCUT2D eigenvalue weighted by atomic mass is 10.0. The minimum atomic E-state index is -0.0987. The molecule has 1 amide bonds. The van der Waals surface area contributed by atoms with E-state index in [1.54, 1.807) is 14.2 Å². The number of methoxy groups -OCH3 is 2. The van der Waals surface area contributed by atoms with Gasteiger partial charge in [-0.05, 0) is 24.1 Å². The second-order valence-corrected chi connectivity index (χ2v) is 5.05. The van der Waals surface area contributed by atoms with Crippen molar-refractivity contribution in [2.45, 2.75) is 26.8 Å². The van der Waals surface area contributed by atoms with E-state index >= 15 is 0 Å². The Morgan fingerprint density at radius 3 is 2.50 bits per heavy atom. The van der Waals surface area contributed by atoms with E-state index in [9.17, 15) is 4.79 Å². The van der Waals surface area contributed by atoms with Gasteiger partial charge in [-0.1, -0.05) is 13.8 Å². The predicted octanol–water partition coefficient (Wildman–Crippen LogP) is 2.74. The topological polar surface area (TPSA) is 59.6 Å². The molecule has 0 saturated carbocycles. The summed E-state index contributed by atoms with van der Waals surface area (Å²) in [5.74, 6) is 1.04. The molecule has 20 heavy (non-hydrogen) atoms. The number of carbonyl (C=O) groups is 1. The maximum atomic E-state index is 11.1. The SMILES string of the molecule is COCC(Nc1cc(NC(C)=O)ccc1OC)C(C)C. The van der Waals surface area contributed by atoms with E-state index in [0.29, 0.717) is 12.5 Å². The van der Waals surface area contributed by atoms with Crippen molar-refractivity contribution in [3.63, 3.8) is 0 Å². The van der Waals surface area contributed by atoms with E-state index in [0.717, 1.165) is 17.1 Å². The van der Waals surface area contributed by atoms with Crippen LogP contribution in [0.15, 0.2) is 18.2 Å². The molecule has 2 N–H and O–H groups in total. The first-order chi connectivity index (χ1) is 9.47. The van der Waals surface area contributed by atoms with Gasteiger partial charge in [0.25, 0.3) is 0 Å². The Balaban J connectivity index is 2.97. The van der Waals surface area contributed by atoms with Crippen LogP contribution >= 0.6 is 0 Å². The number of amides is 1. The molecule has 0 bridgehead atoms. The summed E-state index contributed by atoms with van der Waals surface area (Å²) in [6.07, 6.45) is 0. The lowest BCUT2D eigenvalue weighted by molar-refractivity contribution is -0.114. The third kappa shape index (κ3) is 4.74. The molecule has 5 heteroatoms. The largest absolute Gasteiger partial charge is 0.495 e. The summed E-state index contributed by atoms with van der Waals surface area (Å²) in [6, 6.07) is 5.68. The first kappa shape index (κ1) is 16.3. The first-order valence-corrected chi connectivity index (χ1v) is 6.69. The molecular weight excluding hydrogens is 256 g/mol. The number of anilines is 2. The summed E-state index contributed by atoms with van der Waals surface area (Å²) in [6.45, 7) is 6.34. The summed E-state index contributed by atoms with van der Waals surface area (Å²) in [7, 11) is 3.31. The molecule has 1 rings (SSSR count). The van der Waals surface area contributed by atoms with Crippen LogP contribution in [-0.4, -0.2) is 32.8 Å². The zero-order chi connectivity index (χ0) is 15.1. The van der Waals surface area contributed by atoms with Crippen molar-refractivity contribution in [2.75, 3.05) is 31.5 Å². The molecule has 0 fully saturated rings. The van der Waals surface area contributed by atoms with Crippen LogP contribution in [0.1, 0.15) is 20.8 Å². The molecule has 0 heterocycles. The molecule has 1 atom stereocenters. The molecular formula is C15H24N2O3. The molecule has 1 aromatic rings. The minimum absolute atomic E-state index is 0.0987. The van der Waals surface area contributed by atoms with Gasteiger partial charge in [-0.2, -0.15) is 0 Å². The number of ether oxygens (including phenoxy) is 2. The van der Waals surface area contributed by atoms with Gasteiger partial charge in [0.05, 0.1) is 25.4 Å². The standard InChI is InChI=1S/C15H24N2O3/c1-10(2)14(9-19-4)17-13-8-12(16-11(3)18)6-7-15(13)20-5/h6-8,10,14,17H,9H2,1-5H3,(H,16,18). The van der Waals surface area contributed by atoms with Gasteiger partial charge < -0.3 is 20.1 Å². The number of carbonyl (C=O) groups excluding carboxylic acids is 1. The predicted molar refractivity (Wildman–Crippen MR) is 81.4 cm³/mol. The molecule has 1 aromatic carbocycles. The maximum absolute atomic E-state index is 11.1. The highest BCUT2D eigenvalue weighted by Crippen LogP contribution is 2.29. The van der Waals surface area contributed by atoms with Gasteiger partial charge in [0.2, 0.25) is 5.91 Å². The van der Waals surface area contributed by atoms with Gasteiger partial charge in [0.1, 0.15) is 5.75 Å². The monoisotopic (exact) mass is 280 g/mol. The van der Waals surface area contributed by atoms with Crippen LogP contribution < -0.4 is 15.4 Å². The van der Waals surface area contributed by atoms with E-state index in [2.05, 4.69) is 24.5 Å². The average molecular weight is 280 g/mol. The molecule has 1 unspecified atom stereocenters. The normalized spacial score (nSPS) is 12.1. The van der Waals surface area contributed by atoms with Crippen molar-refractivity contribution in [1.29, 1.82) is 0 Å². The molecule has 0 aromatic heterocycles. The molecule has 0 aliphatic rings. The molecule has 0 aliphatic heterocycles. The summed E-state index contributed by atoms with van der Waals surface area (Å²) in [4.78, 5) is 11.1. The van der Waals surface area contributed by atoms with Crippen LogP contribution in [0.25, 0.3) is 0 Å². The van der Waals surface area contributed by atoms with Gasteiger partial charge in [-0.15, -0.1) is 0 Å². The number of nitrogens with one attached hydrogen (secondary N) is 2. The van der Waals surface area contributed by atoms with Crippen LogP contribution in [0, 0.1) is 5.92 Å². The van der Waals surface area contributed by atoms with Crippen LogP contribution in [0.5, 0.6) is 5.75 Å². The third-order valence-corrected chi connectivity index (χ3v) is 3.01. The highest BCUT2D eigenvalue weighted by Gasteiger charge is 2.15. The summed E-state index contributed by atoms with van der Waals surface area (Å²) in [5.41, 5.74) is 1.58. The van der Waals surface area contributed by atoms with E-state index in [1.165, 1.54) is 6.92 Å². The van der Waals surface area contributed by atoms with E-state index < -0.39 is 0 Å². The van der Waals surface area contributed by atoms with Crippen molar-refractivity contribution >= 4 is 17.3 Å².